The molecule has 0 aromatic heterocycles. The third-order valence-corrected chi connectivity index (χ3v) is 2.95. The molecular formula is C16H17NO2. The van der Waals surface area contributed by atoms with E-state index in [4.69, 9.17) is 4.74 Å². The van der Waals surface area contributed by atoms with Crippen molar-refractivity contribution in [3.63, 3.8) is 0 Å². The summed E-state index contributed by atoms with van der Waals surface area (Å²) in [6, 6.07) is 15.2. The third kappa shape index (κ3) is 3.35. The fourth-order valence-corrected chi connectivity index (χ4v) is 1.77. The Morgan fingerprint density at radius 1 is 1.16 bits per heavy atom. The van der Waals surface area contributed by atoms with Crippen LogP contribution in [0.1, 0.15) is 24.1 Å². The molecule has 19 heavy (non-hydrogen) atoms. The fourth-order valence-electron chi connectivity index (χ4n) is 1.77. The molecule has 2 aromatic carbocycles. The number of benzene rings is 2. The number of aliphatic imine (C=N–C) groups is 1. The maximum absolute atomic E-state index is 9.77. The minimum Gasteiger partial charge on any atom is -0.507 e. The van der Waals surface area contributed by atoms with Crippen LogP contribution < -0.4 is 4.74 Å². The van der Waals surface area contributed by atoms with Crippen molar-refractivity contribution in [3.05, 3.63) is 59.7 Å². The number of aromatic hydroxyl groups is 1. The van der Waals surface area contributed by atoms with Crippen molar-refractivity contribution >= 4 is 6.21 Å². The second kappa shape index (κ2) is 6.05. The molecule has 0 unspecified atom stereocenters. The average molecular weight is 255 g/mol. The lowest BCUT2D eigenvalue weighted by molar-refractivity contribution is 0.412. The van der Waals surface area contributed by atoms with E-state index in [0.29, 0.717) is 11.3 Å². The largest absolute Gasteiger partial charge is 0.507 e. The van der Waals surface area contributed by atoms with E-state index in [0.717, 1.165) is 5.56 Å². The highest BCUT2D eigenvalue weighted by Crippen LogP contribution is 2.22. The Morgan fingerprint density at radius 2 is 1.89 bits per heavy atom. The van der Waals surface area contributed by atoms with Gasteiger partial charge in [-0.2, -0.15) is 0 Å². The lowest BCUT2D eigenvalue weighted by Gasteiger charge is -2.07. The van der Waals surface area contributed by atoms with Crippen LogP contribution in [0, 0.1) is 0 Å². The van der Waals surface area contributed by atoms with E-state index >= 15 is 0 Å². The first kappa shape index (κ1) is 13.1. The van der Waals surface area contributed by atoms with E-state index in [9.17, 15) is 5.11 Å². The lowest BCUT2D eigenvalue weighted by Crippen LogP contribution is -1.92. The minimum atomic E-state index is 0.0480. The molecule has 2 rings (SSSR count). The summed E-state index contributed by atoms with van der Waals surface area (Å²) in [6.45, 7) is 2.02. The minimum absolute atomic E-state index is 0.0480. The predicted molar refractivity (Wildman–Crippen MR) is 77.1 cm³/mol. The topological polar surface area (TPSA) is 41.8 Å². The number of nitrogens with zero attached hydrogens (tertiary/aromatic N) is 1. The molecule has 2 aromatic rings. The summed E-state index contributed by atoms with van der Waals surface area (Å²) < 4.78 is 5.13. The van der Waals surface area contributed by atoms with Crippen LogP contribution in [0.3, 0.4) is 0 Å². The first-order chi connectivity index (χ1) is 9.20. The lowest BCUT2D eigenvalue weighted by atomic mass is 10.1. The first-order valence-electron chi connectivity index (χ1n) is 6.16. The number of hydrogen-bond acceptors (Lipinski definition) is 3. The quantitative estimate of drug-likeness (QED) is 0.848. The second-order valence-corrected chi connectivity index (χ2v) is 4.29. The third-order valence-electron chi connectivity index (χ3n) is 2.95. The summed E-state index contributed by atoms with van der Waals surface area (Å²) in [6.07, 6.45) is 1.68. The number of ether oxygens (including phenoxy) is 1. The van der Waals surface area contributed by atoms with Crippen LogP contribution in [0.5, 0.6) is 11.5 Å². The van der Waals surface area contributed by atoms with Crippen molar-refractivity contribution in [3.8, 4) is 11.5 Å². The number of rotatable bonds is 4. The number of phenolic OH excluding ortho intramolecular Hbond substituents is 1. The summed E-state index contributed by atoms with van der Waals surface area (Å²) in [5, 5.41) is 9.77. The Labute approximate surface area is 113 Å². The Kier molecular flexibility index (Phi) is 4.18. The Balaban J connectivity index is 2.18. The normalized spacial score (nSPS) is 12.5. The van der Waals surface area contributed by atoms with Crippen LogP contribution in [0.4, 0.5) is 0 Å². The molecule has 0 aliphatic rings. The monoisotopic (exact) mass is 255 g/mol. The number of methoxy groups -OCH3 is 1. The molecule has 0 heterocycles. The van der Waals surface area contributed by atoms with Gasteiger partial charge in [-0.15, -0.1) is 0 Å². The van der Waals surface area contributed by atoms with Crippen LogP contribution in [0.15, 0.2) is 53.5 Å². The van der Waals surface area contributed by atoms with Gasteiger partial charge in [0.15, 0.2) is 0 Å². The predicted octanol–water partition coefficient (Wildman–Crippen LogP) is 3.58. The van der Waals surface area contributed by atoms with Gasteiger partial charge in [-0.05, 0) is 30.7 Å². The Bertz CT molecular complexity index is 564. The van der Waals surface area contributed by atoms with Crippen molar-refractivity contribution in [2.45, 2.75) is 13.0 Å². The van der Waals surface area contributed by atoms with Crippen molar-refractivity contribution in [2.24, 2.45) is 4.99 Å². The Morgan fingerprint density at radius 3 is 2.58 bits per heavy atom. The smallest absolute Gasteiger partial charge is 0.124 e. The van der Waals surface area contributed by atoms with E-state index in [1.807, 2.05) is 37.3 Å². The van der Waals surface area contributed by atoms with Crippen LogP contribution >= 0.6 is 0 Å². The van der Waals surface area contributed by atoms with Gasteiger partial charge in [-0.1, -0.05) is 30.3 Å². The van der Waals surface area contributed by atoms with Gasteiger partial charge in [-0.3, -0.25) is 4.99 Å². The molecule has 1 atom stereocenters. The highest BCUT2D eigenvalue weighted by atomic mass is 16.5. The van der Waals surface area contributed by atoms with Crippen molar-refractivity contribution in [1.82, 2.24) is 0 Å². The number of phenols is 1. The molecular weight excluding hydrogens is 238 g/mol. The molecule has 0 spiro atoms. The molecule has 0 fully saturated rings. The second-order valence-electron chi connectivity index (χ2n) is 4.29. The van der Waals surface area contributed by atoms with Gasteiger partial charge in [0.05, 0.1) is 13.2 Å². The molecule has 3 heteroatoms. The summed E-state index contributed by atoms with van der Waals surface area (Å²) in [5.74, 6) is 0.899. The maximum atomic E-state index is 9.77. The van der Waals surface area contributed by atoms with Crippen LogP contribution in [0.25, 0.3) is 0 Å². The standard InChI is InChI=1S/C16H17NO2/c1-12(13-6-4-3-5-7-13)17-11-14-10-15(19-2)8-9-16(14)18/h3-12,18H,1-2H3/t12-/m1/s1. The van der Waals surface area contributed by atoms with Crippen LogP contribution in [-0.4, -0.2) is 18.4 Å². The van der Waals surface area contributed by atoms with Gasteiger partial charge >= 0.3 is 0 Å². The van der Waals surface area contributed by atoms with E-state index in [1.54, 1.807) is 31.5 Å². The summed E-state index contributed by atoms with van der Waals surface area (Å²) in [4.78, 5) is 4.46. The van der Waals surface area contributed by atoms with E-state index in [2.05, 4.69) is 4.99 Å². The highest BCUT2D eigenvalue weighted by molar-refractivity contribution is 5.84. The summed E-state index contributed by atoms with van der Waals surface area (Å²) >= 11 is 0. The maximum Gasteiger partial charge on any atom is 0.124 e. The van der Waals surface area contributed by atoms with E-state index < -0.39 is 0 Å². The molecule has 0 aliphatic carbocycles. The van der Waals surface area contributed by atoms with Crippen LogP contribution in [0.2, 0.25) is 0 Å². The molecule has 0 aliphatic heterocycles. The van der Waals surface area contributed by atoms with Gasteiger partial charge in [0.1, 0.15) is 11.5 Å². The van der Waals surface area contributed by atoms with Gasteiger partial charge in [0.2, 0.25) is 0 Å². The fraction of sp³-hybridized carbons (Fsp3) is 0.188. The molecule has 0 amide bonds. The Hall–Kier alpha value is -2.29. The van der Waals surface area contributed by atoms with Gasteiger partial charge in [0, 0.05) is 11.8 Å². The zero-order valence-corrected chi connectivity index (χ0v) is 11.1. The molecule has 0 bridgehead atoms. The first-order valence-corrected chi connectivity index (χ1v) is 6.16. The van der Waals surface area contributed by atoms with E-state index in [-0.39, 0.29) is 11.8 Å². The van der Waals surface area contributed by atoms with Crippen molar-refractivity contribution in [1.29, 1.82) is 0 Å². The zero-order valence-electron chi connectivity index (χ0n) is 11.1. The van der Waals surface area contributed by atoms with Crippen molar-refractivity contribution in [2.75, 3.05) is 7.11 Å². The van der Waals surface area contributed by atoms with Gasteiger partial charge < -0.3 is 9.84 Å². The van der Waals surface area contributed by atoms with Gasteiger partial charge in [-0.25, -0.2) is 0 Å². The zero-order chi connectivity index (χ0) is 13.7. The number of hydrogen-bond donors (Lipinski definition) is 1. The summed E-state index contributed by atoms with van der Waals surface area (Å²) in [5.41, 5.74) is 1.79. The van der Waals surface area contributed by atoms with E-state index in [1.165, 1.54) is 0 Å². The van der Waals surface area contributed by atoms with Crippen molar-refractivity contribution < 1.29 is 9.84 Å². The van der Waals surface area contributed by atoms with Crippen LogP contribution in [-0.2, 0) is 0 Å². The molecule has 1 N–H and O–H groups in total. The molecule has 0 radical (unpaired) electrons. The molecule has 0 saturated carbocycles. The summed E-state index contributed by atoms with van der Waals surface area (Å²) in [7, 11) is 1.60. The molecule has 98 valence electrons. The average Bonchev–Trinajstić information content (AvgIpc) is 2.47. The SMILES string of the molecule is COc1ccc(O)c(C=N[C@H](C)c2ccccc2)c1. The molecule has 0 saturated heterocycles. The molecule has 3 nitrogen and oxygen atoms in total. The van der Waals surface area contributed by atoms with Gasteiger partial charge in [0.25, 0.3) is 0 Å². The highest BCUT2D eigenvalue weighted by Gasteiger charge is 2.03.